The molecule has 2 rings (SSSR count). The largest absolute Gasteiger partial charge is 0.480 e. The Balaban J connectivity index is 1.96. The molecule has 0 aromatic carbocycles. The zero-order valence-corrected chi connectivity index (χ0v) is 12.5. The molecule has 2 N–H and O–H groups in total. The lowest BCUT2D eigenvalue weighted by Crippen LogP contribution is -2.70. The van der Waals surface area contributed by atoms with E-state index in [0.717, 1.165) is 25.8 Å². The summed E-state index contributed by atoms with van der Waals surface area (Å²) in [6, 6.07) is -0.908. The van der Waals surface area contributed by atoms with Crippen LogP contribution in [0.25, 0.3) is 0 Å². The van der Waals surface area contributed by atoms with Gasteiger partial charge >= 0.3 is 5.97 Å². The lowest BCUT2D eigenvalue weighted by Gasteiger charge is -2.43. The molecule has 0 aromatic heterocycles. The number of aliphatic carboxylic acids is 1. The SMILES string of the molecule is CCCCCN[C@H]1C(=O)N2[C@@H]1SC(C)(C)[C@@H]2C(=O)O. The van der Waals surface area contributed by atoms with Crippen LogP contribution in [-0.2, 0) is 9.59 Å². The summed E-state index contributed by atoms with van der Waals surface area (Å²) in [5.41, 5.74) is 0. The van der Waals surface area contributed by atoms with E-state index in [0.29, 0.717) is 0 Å². The van der Waals surface area contributed by atoms with Gasteiger partial charge in [0, 0.05) is 4.75 Å². The molecule has 108 valence electrons. The molecule has 2 aliphatic rings. The fourth-order valence-electron chi connectivity index (χ4n) is 2.83. The minimum absolute atomic E-state index is 0.0229. The predicted octanol–water partition coefficient (Wildman–Crippen LogP) is 1.28. The number of carboxylic acids is 1. The van der Waals surface area contributed by atoms with Crippen molar-refractivity contribution in [2.75, 3.05) is 6.54 Å². The van der Waals surface area contributed by atoms with Gasteiger partial charge in [0.05, 0.1) is 0 Å². The fourth-order valence-corrected chi connectivity index (χ4v) is 4.49. The van der Waals surface area contributed by atoms with Crippen LogP contribution in [-0.4, -0.2) is 50.6 Å². The van der Waals surface area contributed by atoms with E-state index in [4.69, 9.17) is 0 Å². The van der Waals surface area contributed by atoms with E-state index >= 15 is 0 Å². The van der Waals surface area contributed by atoms with Crippen molar-refractivity contribution in [1.82, 2.24) is 10.2 Å². The molecular formula is C13H22N2O3S. The van der Waals surface area contributed by atoms with Crippen LogP contribution in [0.5, 0.6) is 0 Å². The summed E-state index contributed by atoms with van der Waals surface area (Å²) in [5, 5.41) is 12.5. The molecule has 0 saturated carbocycles. The lowest BCUT2D eigenvalue weighted by molar-refractivity contribution is -0.160. The van der Waals surface area contributed by atoms with Crippen molar-refractivity contribution in [3.63, 3.8) is 0 Å². The van der Waals surface area contributed by atoms with Crippen LogP contribution in [0.15, 0.2) is 0 Å². The second-order valence-corrected chi connectivity index (χ2v) is 7.51. The average molecular weight is 286 g/mol. The Hall–Kier alpha value is -0.750. The first-order chi connectivity index (χ1) is 8.90. The molecule has 0 spiro atoms. The van der Waals surface area contributed by atoms with Gasteiger partial charge < -0.3 is 15.3 Å². The van der Waals surface area contributed by atoms with E-state index < -0.39 is 16.8 Å². The standard InChI is InChI=1S/C13H22N2O3S/c1-4-5-6-7-14-8-10(16)15-9(12(17)18)13(2,3)19-11(8)15/h8-9,11,14H,4-7H2,1-3H3,(H,17,18)/t8-,9-,11+/m0/s1. The molecule has 2 heterocycles. The van der Waals surface area contributed by atoms with E-state index in [1.165, 1.54) is 4.90 Å². The van der Waals surface area contributed by atoms with E-state index in [9.17, 15) is 14.7 Å². The molecule has 19 heavy (non-hydrogen) atoms. The molecule has 0 radical (unpaired) electrons. The number of carbonyl (C=O) groups is 2. The van der Waals surface area contributed by atoms with Crippen molar-refractivity contribution in [3.05, 3.63) is 0 Å². The van der Waals surface area contributed by atoms with E-state index in [-0.39, 0.29) is 17.3 Å². The van der Waals surface area contributed by atoms with Gasteiger partial charge in [0.15, 0.2) is 0 Å². The van der Waals surface area contributed by atoms with Crippen LogP contribution in [0.3, 0.4) is 0 Å². The highest BCUT2D eigenvalue weighted by Crippen LogP contribution is 2.50. The Kier molecular flexibility index (Phi) is 4.11. The highest BCUT2D eigenvalue weighted by molar-refractivity contribution is 8.01. The van der Waals surface area contributed by atoms with Crippen molar-refractivity contribution in [2.24, 2.45) is 0 Å². The van der Waals surface area contributed by atoms with Gasteiger partial charge in [0.1, 0.15) is 17.5 Å². The molecule has 2 aliphatic heterocycles. The molecule has 2 saturated heterocycles. The maximum atomic E-state index is 12.1. The average Bonchev–Trinajstić information content (AvgIpc) is 2.58. The zero-order chi connectivity index (χ0) is 14.2. The molecule has 6 heteroatoms. The van der Waals surface area contributed by atoms with Gasteiger partial charge in [-0.15, -0.1) is 11.8 Å². The maximum Gasteiger partial charge on any atom is 0.327 e. The molecular weight excluding hydrogens is 264 g/mol. The molecule has 0 aromatic rings. The van der Waals surface area contributed by atoms with Crippen LogP contribution >= 0.6 is 11.8 Å². The number of unbranched alkanes of at least 4 members (excludes halogenated alkanes) is 2. The summed E-state index contributed by atoms with van der Waals surface area (Å²) in [6.07, 6.45) is 3.36. The summed E-state index contributed by atoms with van der Waals surface area (Å²) < 4.78 is -0.425. The number of β-lactam (4-membered cyclic amide) rings is 1. The number of fused-ring (bicyclic) bond motifs is 1. The van der Waals surface area contributed by atoms with Crippen LogP contribution < -0.4 is 5.32 Å². The van der Waals surface area contributed by atoms with Crippen molar-refractivity contribution in [3.8, 4) is 0 Å². The van der Waals surface area contributed by atoms with Gasteiger partial charge in [0.2, 0.25) is 5.91 Å². The van der Waals surface area contributed by atoms with Crippen molar-refractivity contribution >= 4 is 23.6 Å². The fraction of sp³-hybridized carbons (Fsp3) is 0.846. The van der Waals surface area contributed by atoms with Crippen LogP contribution in [0.1, 0.15) is 40.0 Å². The quantitative estimate of drug-likeness (QED) is 0.568. The molecule has 1 amide bonds. The number of hydrogen-bond acceptors (Lipinski definition) is 4. The normalized spacial score (nSPS) is 32.1. The lowest BCUT2D eigenvalue weighted by atomic mass is 9.96. The van der Waals surface area contributed by atoms with Gasteiger partial charge in [-0.25, -0.2) is 4.79 Å². The Morgan fingerprint density at radius 1 is 1.47 bits per heavy atom. The number of amides is 1. The molecule has 0 unspecified atom stereocenters. The third kappa shape index (κ3) is 2.48. The predicted molar refractivity (Wildman–Crippen MR) is 75.0 cm³/mol. The number of nitrogens with zero attached hydrogens (tertiary/aromatic N) is 1. The first-order valence-corrected chi connectivity index (χ1v) is 7.74. The topological polar surface area (TPSA) is 69.6 Å². The number of nitrogens with one attached hydrogen (secondary N) is 1. The van der Waals surface area contributed by atoms with Gasteiger partial charge in [-0.2, -0.15) is 0 Å². The second kappa shape index (κ2) is 5.32. The smallest absolute Gasteiger partial charge is 0.327 e. The third-order valence-electron chi connectivity index (χ3n) is 3.82. The molecule has 2 fully saturated rings. The Labute approximate surface area is 118 Å². The summed E-state index contributed by atoms with van der Waals surface area (Å²) in [4.78, 5) is 25.0. The Bertz CT molecular complexity index is 386. The second-order valence-electron chi connectivity index (χ2n) is 5.74. The van der Waals surface area contributed by atoms with E-state index in [2.05, 4.69) is 12.2 Å². The Morgan fingerprint density at radius 2 is 2.16 bits per heavy atom. The van der Waals surface area contributed by atoms with Gasteiger partial charge in [-0.1, -0.05) is 19.8 Å². The van der Waals surface area contributed by atoms with Gasteiger partial charge in [-0.3, -0.25) is 4.79 Å². The summed E-state index contributed by atoms with van der Waals surface area (Å²) in [5.74, 6) is -0.968. The minimum atomic E-state index is -0.905. The van der Waals surface area contributed by atoms with Crippen molar-refractivity contribution < 1.29 is 14.7 Å². The summed E-state index contributed by atoms with van der Waals surface area (Å²) in [7, 11) is 0. The molecule has 0 aliphatic carbocycles. The summed E-state index contributed by atoms with van der Waals surface area (Å²) >= 11 is 1.59. The van der Waals surface area contributed by atoms with E-state index in [1.54, 1.807) is 11.8 Å². The molecule has 3 atom stereocenters. The van der Waals surface area contributed by atoms with E-state index in [1.807, 2.05) is 13.8 Å². The zero-order valence-electron chi connectivity index (χ0n) is 11.7. The monoisotopic (exact) mass is 286 g/mol. The number of carboxylic acid groups (broad SMARTS) is 1. The third-order valence-corrected chi connectivity index (χ3v) is 5.39. The molecule has 0 bridgehead atoms. The summed E-state index contributed by atoms with van der Waals surface area (Å²) in [6.45, 7) is 6.77. The van der Waals surface area contributed by atoms with Crippen LogP contribution in [0.4, 0.5) is 0 Å². The minimum Gasteiger partial charge on any atom is -0.480 e. The highest BCUT2D eigenvalue weighted by Gasteiger charge is 2.63. The molecule has 5 nitrogen and oxygen atoms in total. The highest BCUT2D eigenvalue weighted by atomic mass is 32.2. The number of hydrogen-bond donors (Lipinski definition) is 2. The van der Waals surface area contributed by atoms with Crippen molar-refractivity contribution in [1.29, 1.82) is 0 Å². The first-order valence-electron chi connectivity index (χ1n) is 6.86. The van der Waals surface area contributed by atoms with Crippen LogP contribution in [0, 0.1) is 0 Å². The number of rotatable bonds is 6. The van der Waals surface area contributed by atoms with Gasteiger partial charge in [0.25, 0.3) is 0 Å². The van der Waals surface area contributed by atoms with Gasteiger partial charge in [-0.05, 0) is 26.8 Å². The first kappa shape index (κ1) is 14.7. The Morgan fingerprint density at radius 3 is 2.74 bits per heavy atom. The number of carbonyl (C=O) groups excluding carboxylic acids is 1. The van der Waals surface area contributed by atoms with Crippen molar-refractivity contribution in [2.45, 2.75) is 62.2 Å². The van der Waals surface area contributed by atoms with Crippen LogP contribution in [0.2, 0.25) is 0 Å². The number of thioether (sulfide) groups is 1. The maximum absolute atomic E-state index is 12.1.